The Hall–Kier alpha value is -0.590. The fraction of sp³-hybridized carbons (Fsp3) is 0.700. The molecule has 0 unspecified atom stereocenters. The number of carbonyl (C=O) groups excluding carboxylic acids is 1. The van der Waals surface area contributed by atoms with Crippen molar-refractivity contribution in [3.63, 3.8) is 0 Å². The van der Waals surface area contributed by atoms with Crippen molar-refractivity contribution >= 4 is 5.78 Å². The molecule has 0 rings (SSSR count). The van der Waals surface area contributed by atoms with Crippen LogP contribution in [0.3, 0.4) is 0 Å². The number of unbranched alkanes of at least 4 members (excludes halogenated alkanes) is 1. The zero-order valence-electron chi connectivity index (χ0n) is 7.81. The minimum atomic E-state index is 0.179. The van der Waals surface area contributed by atoms with E-state index in [1.165, 1.54) is 18.4 Å². The molecule has 0 radical (unpaired) electrons. The second-order valence-corrected chi connectivity index (χ2v) is 2.87. The van der Waals surface area contributed by atoms with E-state index in [1.54, 1.807) is 13.0 Å². The van der Waals surface area contributed by atoms with Gasteiger partial charge in [-0.05, 0) is 32.3 Å². The van der Waals surface area contributed by atoms with Gasteiger partial charge < -0.3 is 0 Å². The number of hydrogen-bond donors (Lipinski definition) is 0. The van der Waals surface area contributed by atoms with E-state index < -0.39 is 0 Å². The lowest BCUT2D eigenvalue weighted by Gasteiger charge is -2.00. The Morgan fingerprint density at radius 2 is 2.00 bits per heavy atom. The molecule has 0 aromatic rings. The molecule has 64 valence electrons. The fourth-order valence-electron chi connectivity index (χ4n) is 1.04. The average Bonchev–Trinajstić information content (AvgIpc) is 1.97. The predicted molar refractivity (Wildman–Crippen MR) is 48.6 cm³/mol. The number of hydrogen-bond acceptors (Lipinski definition) is 1. The van der Waals surface area contributed by atoms with E-state index in [4.69, 9.17) is 0 Å². The summed E-state index contributed by atoms with van der Waals surface area (Å²) in [6.07, 6.45) is 6.28. The molecule has 1 heteroatoms. The molecule has 11 heavy (non-hydrogen) atoms. The third kappa shape index (κ3) is 5.84. The van der Waals surface area contributed by atoms with Gasteiger partial charge in [-0.3, -0.25) is 4.79 Å². The smallest absolute Gasteiger partial charge is 0.152 e. The normalized spacial score (nSPS) is 11.7. The van der Waals surface area contributed by atoms with Crippen LogP contribution in [-0.2, 0) is 4.79 Å². The topological polar surface area (TPSA) is 17.1 Å². The Bertz CT molecular complexity index is 145. The van der Waals surface area contributed by atoms with Gasteiger partial charge in [0.2, 0.25) is 0 Å². The maximum atomic E-state index is 10.7. The first-order valence-corrected chi connectivity index (χ1v) is 4.40. The molecule has 0 aliphatic rings. The molecule has 1 nitrogen and oxygen atoms in total. The van der Waals surface area contributed by atoms with Crippen LogP contribution in [0.2, 0.25) is 0 Å². The van der Waals surface area contributed by atoms with Crippen LogP contribution in [0.5, 0.6) is 0 Å². The van der Waals surface area contributed by atoms with Crippen molar-refractivity contribution in [1.82, 2.24) is 0 Å². The highest BCUT2D eigenvalue weighted by Crippen LogP contribution is 2.10. The van der Waals surface area contributed by atoms with Crippen molar-refractivity contribution in [2.24, 2.45) is 0 Å². The standard InChI is InChI=1S/C10H18O/c1-4-6-7-10(5-2)8-9(3)11/h8H,4-7H2,1-3H3/b10-8+. The van der Waals surface area contributed by atoms with E-state index in [0.29, 0.717) is 0 Å². The first-order valence-electron chi connectivity index (χ1n) is 4.40. The van der Waals surface area contributed by atoms with Gasteiger partial charge in [-0.1, -0.05) is 25.8 Å². The van der Waals surface area contributed by atoms with Gasteiger partial charge in [-0.15, -0.1) is 0 Å². The van der Waals surface area contributed by atoms with Crippen LogP contribution < -0.4 is 0 Å². The minimum absolute atomic E-state index is 0.179. The van der Waals surface area contributed by atoms with Gasteiger partial charge in [-0.25, -0.2) is 0 Å². The van der Waals surface area contributed by atoms with Gasteiger partial charge >= 0.3 is 0 Å². The molecule has 0 atom stereocenters. The average molecular weight is 154 g/mol. The molecule has 0 saturated heterocycles. The van der Waals surface area contributed by atoms with Crippen LogP contribution in [0.15, 0.2) is 11.6 Å². The van der Waals surface area contributed by atoms with Crippen LogP contribution in [0, 0.1) is 0 Å². The Morgan fingerprint density at radius 3 is 2.36 bits per heavy atom. The molecule has 0 saturated carbocycles. The summed E-state index contributed by atoms with van der Waals surface area (Å²) < 4.78 is 0. The van der Waals surface area contributed by atoms with Gasteiger partial charge in [0.25, 0.3) is 0 Å². The van der Waals surface area contributed by atoms with Gasteiger partial charge in [-0.2, -0.15) is 0 Å². The van der Waals surface area contributed by atoms with Crippen molar-refractivity contribution in [2.45, 2.75) is 46.5 Å². The Kier molecular flexibility index (Phi) is 5.81. The molecule has 0 aliphatic heterocycles. The van der Waals surface area contributed by atoms with Gasteiger partial charge in [0.1, 0.15) is 0 Å². The number of carbonyl (C=O) groups is 1. The van der Waals surface area contributed by atoms with Crippen LogP contribution in [0.1, 0.15) is 46.5 Å². The maximum Gasteiger partial charge on any atom is 0.152 e. The summed E-state index contributed by atoms with van der Waals surface area (Å²) in [4.78, 5) is 10.7. The molecule has 0 heterocycles. The molecule has 0 spiro atoms. The van der Waals surface area contributed by atoms with E-state index in [9.17, 15) is 4.79 Å². The highest BCUT2D eigenvalue weighted by Gasteiger charge is 1.94. The molecule has 0 N–H and O–H groups in total. The number of rotatable bonds is 5. The van der Waals surface area contributed by atoms with Crippen molar-refractivity contribution in [1.29, 1.82) is 0 Å². The molecular formula is C10H18O. The summed E-state index contributed by atoms with van der Waals surface area (Å²) in [6, 6.07) is 0. The molecular weight excluding hydrogens is 136 g/mol. The SMILES string of the molecule is CCCC/C(=C/C(C)=O)CC. The van der Waals surface area contributed by atoms with Crippen LogP contribution in [0.4, 0.5) is 0 Å². The lowest BCUT2D eigenvalue weighted by atomic mass is 10.1. The Labute approximate surface area is 69.5 Å². The summed E-state index contributed by atoms with van der Waals surface area (Å²) in [5.74, 6) is 0.179. The molecule has 0 bridgehead atoms. The monoisotopic (exact) mass is 154 g/mol. The van der Waals surface area contributed by atoms with Crippen molar-refractivity contribution < 1.29 is 4.79 Å². The second kappa shape index (κ2) is 6.14. The lowest BCUT2D eigenvalue weighted by molar-refractivity contribution is -0.112. The molecule has 0 aromatic carbocycles. The van der Waals surface area contributed by atoms with Crippen LogP contribution in [-0.4, -0.2) is 5.78 Å². The Morgan fingerprint density at radius 1 is 1.36 bits per heavy atom. The zero-order valence-corrected chi connectivity index (χ0v) is 7.81. The number of allylic oxidation sites excluding steroid dienone is 2. The molecule has 0 amide bonds. The van der Waals surface area contributed by atoms with Crippen LogP contribution in [0.25, 0.3) is 0 Å². The van der Waals surface area contributed by atoms with E-state index >= 15 is 0 Å². The third-order valence-corrected chi connectivity index (χ3v) is 1.71. The first kappa shape index (κ1) is 10.4. The quantitative estimate of drug-likeness (QED) is 0.556. The van der Waals surface area contributed by atoms with Crippen molar-refractivity contribution in [2.75, 3.05) is 0 Å². The zero-order chi connectivity index (χ0) is 8.69. The summed E-state index contributed by atoms with van der Waals surface area (Å²) in [6.45, 7) is 5.88. The lowest BCUT2D eigenvalue weighted by Crippen LogP contribution is -1.88. The largest absolute Gasteiger partial charge is 0.295 e. The second-order valence-electron chi connectivity index (χ2n) is 2.87. The van der Waals surface area contributed by atoms with Crippen molar-refractivity contribution in [3.8, 4) is 0 Å². The summed E-state index contributed by atoms with van der Waals surface area (Å²) >= 11 is 0. The third-order valence-electron chi connectivity index (χ3n) is 1.71. The van der Waals surface area contributed by atoms with Gasteiger partial charge in [0.05, 0.1) is 0 Å². The van der Waals surface area contributed by atoms with Crippen molar-refractivity contribution in [3.05, 3.63) is 11.6 Å². The molecule has 0 aliphatic carbocycles. The van der Waals surface area contributed by atoms with E-state index in [1.807, 2.05) is 0 Å². The molecule has 0 aromatic heterocycles. The minimum Gasteiger partial charge on any atom is -0.295 e. The molecule has 0 fully saturated rings. The first-order chi connectivity index (χ1) is 5.20. The Balaban J connectivity index is 3.84. The predicted octanol–water partition coefficient (Wildman–Crippen LogP) is 3.10. The number of ketones is 1. The van der Waals surface area contributed by atoms with Crippen LogP contribution >= 0.6 is 0 Å². The summed E-state index contributed by atoms with van der Waals surface area (Å²) in [5, 5.41) is 0. The maximum absolute atomic E-state index is 10.7. The fourth-order valence-corrected chi connectivity index (χ4v) is 1.04. The van der Waals surface area contributed by atoms with Gasteiger partial charge in [0, 0.05) is 0 Å². The summed E-state index contributed by atoms with van der Waals surface area (Å²) in [7, 11) is 0. The van der Waals surface area contributed by atoms with E-state index in [2.05, 4.69) is 13.8 Å². The summed E-state index contributed by atoms with van der Waals surface area (Å²) in [5.41, 5.74) is 1.29. The highest BCUT2D eigenvalue weighted by molar-refractivity contribution is 5.87. The van der Waals surface area contributed by atoms with E-state index in [0.717, 1.165) is 12.8 Å². The van der Waals surface area contributed by atoms with E-state index in [-0.39, 0.29) is 5.78 Å². The van der Waals surface area contributed by atoms with Gasteiger partial charge in [0.15, 0.2) is 5.78 Å². The highest BCUT2D eigenvalue weighted by atomic mass is 16.1.